The van der Waals surface area contributed by atoms with Gasteiger partial charge in [-0.15, -0.1) is 0 Å². The molecule has 0 amide bonds. The predicted molar refractivity (Wildman–Crippen MR) is 125 cm³/mol. The summed E-state index contributed by atoms with van der Waals surface area (Å²) in [6, 6.07) is 17.2. The van der Waals surface area contributed by atoms with Gasteiger partial charge in [0.1, 0.15) is 17.7 Å². The number of aliphatic carboxylic acids is 1. The average Bonchev–Trinajstić information content (AvgIpc) is 3.19. The summed E-state index contributed by atoms with van der Waals surface area (Å²) in [6.07, 6.45) is -1.89. The molecular weight excluding hydrogens is 422 g/mol. The van der Waals surface area contributed by atoms with Crippen molar-refractivity contribution < 1.29 is 24.5 Å². The average molecular weight is 454 g/mol. The lowest BCUT2D eigenvalue weighted by atomic mass is 10.0. The highest BCUT2D eigenvalue weighted by Crippen LogP contribution is 2.24. The Kier molecular flexibility index (Phi) is 8.21. The van der Waals surface area contributed by atoms with Crippen LogP contribution in [0.3, 0.4) is 0 Å². The number of nitrogens with one attached hydrogen (secondary N) is 1. The monoisotopic (exact) mass is 453 g/mol. The fourth-order valence-corrected chi connectivity index (χ4v) is 3.65. The number of rotatable bonds is 11. The van der Waals surface area contributed by atoms with E-state index in [-0.39, 0.29) is 12.5 Å². The SMILES string of the molecule is COc1ccc(CC(OC(C)C)C(=O)O)cc1CNC(O)c1cc(-c2ccccc2)n(C)n1. The number of aliphatic hydroxyl groups excluding tert-OH is 1. The van der Waals surface area contributed by atoms with E-state index in [0.717, 1.165) is 22.4 Å². The van der Waals surface area contributed by atoms with Gasteiger partial charge in [0.05, 0.1) is 18.9 Å². The molecule has 8 heteroatoms. The number of nitrogens with zero attached hydrogens (tertiary/aromatic N) is 2. The molecule has 0 bridgehead atoms. The number of aromatic nitrogens is 2. The van der Waals surface area contributed by atoms with Gasteiger partial charge >= 0.3 is 5.97 Å². The van der Waals surface area contributed by atoms with E-state index >= 15 is 0 Å². The van der Waals surface area contributed by atoms with Crippen LogP contribution in [0.2, 0.25) is 0 Å². The number of carbonyl (C=O) groups is 1. The maximum absolute atomic E-state index is 11.5. The van der Waals surface area contributed by atoms with E-state index in [1.807, 2.05) is 69.4 Å². The minimum absolute atomic E-state index is 0.195. The Morgan fingerprint density at radius 2 is 1.88 bits per heavy atom. The van der Waals surface area contributed by atoms with E-state index in [0.29, 0.717) is 18.0 Å². The molecule has 0 fully saturated rings. The van der Waals surface area contributed by atoms with E-state index in [4.69, 9.17) is 9.47 Å². The number of hydrogen-bond donors (Lipinski definition) is 3. The minimum atomic E-state index is -1.00. The summed E-state index contributed by atoms with van der Waals surface area (Å²) < 4.78 is 12.7. The van der Waals surface area contributed by atoms with E-state index < -0.39 is 18.3 Å². The van der Waals surface area contributed by atoms with Crippen molar-refractivity contribution in [2.45, 2.75) is 45.2 Å². The molecule has 0 spiro atoms. The smallest absolute Gasteiger partial charge is 0.333 e. The molecule has 3 rings (SSSR count). The van der Waals surface area contributed by atoms with Gasteiger partial charge in [-0.3, -0.25) is 10.00 Å². The van der Waals surface area contributed by atoms with Gasteiger partial charge in [-0.1, -0.05) is 42.5 Å². The van der Waals surface area contributed by atoms with Gasteiger partial charge in [-0.05, 0) is 37.1 Å². The number of carboxylic acid groups (broad SMARTS) is 1. The van der Waals surface area contributed by atoms with Crippen LogP contribution in [0.25, 0.3) is 11.3 Å². The summed E-state index contributed by atoms with van der Waals surface area (Å²) >= 11 is 0. The maximum atomic E-state index is 11.5. The highest BCUT2D eigenvalue weighted by atomic mass is 16.5. The van der Waals surface area contributed by atoms with Gasteiger partial charge in [0.15, 0.2) is 6.10 Å². The zero-order chi connectivity index (χ0) is 24.0. The standard InChI is InChI=1S/C25H31N3O5/c1-16(2)33-23(25(30)31)13-17-10-11-22(32-4)19(12-17)15-26-24(29)20-14-21(28(3)27-20)18-8-6-5-7-9-18/h5-12,14,16,23-24,26,29H,13,15H2,1-4H3,(H,30,31). The number of carboxylic acids is 1. The van der Waals surface area contributed by atoms with Gasteiger partial charge in [-0.2, -0.15) is 5.10 Å². The third-order valence-electron chi connectivity index (χ3n) is 5.21. The second kappa shape index (κ2) is 11.1. The third kappa shape index (κ3) is 6.41. The van der Waals surface area contributed by atoms with Crippen molar-refractivity contribution in [1.82, 2.24) is 15.1 Å². The van der Waals surface area contributed by atoms with Crippen molar-refractivity contribution in [2.75, 3.05) is 7.11 Å². The van der Waals surface area contributed by atoms with Crippen LogP contribution >= 0.6 is 0 Å². The summed E-state index contributed by atoms with van der Waals surface area (Å²) in [5.74, 6) is -0.361. The van der Waals surface area contributed by atoms with Crippen LogP contribution in [0.1, 0.15) is 36.9 Å². The number of methoxy groups -OCH3 is 1. The molecular formula is C25H31N3O5. The Bertz CT molecular complexity index is 1070. The Labute approximate surface area is 193 Å². The van der Waals surface area contributed by atoms with Gasteiger partial charge < -0.3 is 19.7 Å². The predicted octanol–water partition coefficient (Wildman–Crippen LogP) is 3.30. The van der Waals surface area contributed by atoms with Crippen LogP contribution < -0.4 is 10.1 Å². The van der Waals surface area contributed by atoms with Gasteiger partial charge in [0.2, 0.25) is 0 Å². The van der Waals surface area contributed by atoms with Crippen molar-refractivity contribution in [3.05, 3.63) is 71.4 Å². The van der Waals surface area contributed by atoms with Crippen molar-refractivity contribution in [1.29, 1.82) is 0 Å². The Morgan fingerprint density at radius 3 is 2.52 bits per heavy atom. The summed E-state index contributed by atoms with van der Waals surface area (Å²) in [5, 5.41) is 27.7. The number of benzene rings is 2. The lowest BCUT2D eigenvalue weighted by Crippen LogP contribution is -2.29. The molecule has 0 aliphatic heterocycles. The summed E-state index contributed by atoms with van der Waals surface area (Å²) in [5.41, 5.74) is 4.01. The molecule has 176 valence electrons. The molecule has 0 aliphatic rings. The molecule has 0 aliphatic carbocycles. The summed E-state index contributed by atoms with van der Waals surface area (Å²) in [4.78, 5) is 11.5. The fraction of sp³-hybridized carbons (Fsp3) is 0.360. The minimum Gasteiger partial charge on any atom is -0.496 e. The molecule has 1 aromatic heterocycles. The molecule has 3 aromatic rings. The molecule has 2 atom stereocenters. The normalized spacial score (nSPS) is 13.2. The largest absolute Gasteiger partial charge is 0.496 e. The molecule has 3 N–H and O–H groups in total. The van der Waals surface area contributed by atoms with Gasteiger partial charge in [0.25, 0.3) is 0 Å². The van der Waals surface area contributed by atoms with Crippen LogP contribution in [-0.2, 0) is 29.5 Å². The van der Waals surface area contributed by atoms with Crippen LogP contribution in [0.5, 0.6) is 5.75 Å². The maximum Gasteiger partial charge on any atom is 0.333 e. The first-order valence-corrected chi connectivity index (χ1v) is 10.8. The summed E-state index contributed by atoms with van der Waals surface area (Å²) in [6.45, 7) is 3.92. The Hall–Kier alpha value is -3.20. The first-order chi connectivity index (χ1) is 15.8. The van der Waals surface area contributed by atoms with E-state index in [2.05, 4.69) is 10.4 Å². The number of aliphatic hydroxyl groups is 1. The highest BCUT2D eigenvalue weighted by molar-refractivity contribution is 5.72. The van der Waals surface area contributed by atoms with Gasteiger partial charge in [-0.25, -0.2) is 4.79 Å². The molecule has 0 saturated carbocycles. The third-order valence-corrected chi connectivity index (χ3v) is 5.21. The number of aryl methyl sites for hydroxylation is 1. The quantitative estimate of drug-likeness (QED) is 0.383. The first kappa shape index (κ1) is 24.4. The lowest BCUT2D eigenvalue weighted by Gasteiger charge is -2.18. The second-order valence-electron chi connectivity index (χ2n) is 8.09. The highest BCUT2D eigenvalue weighted by Gasteiger charge is 2.21. The van der Waals surface area contributed by atoms with Crippen molar-refractivity contribution >= 4 is 5.97 Å². The number of hydrogen-bond acceptors (Lipinski definition) is 6. The van der Waals surface area contributed by atoms with Crippen LogP contribution in [0.4, 0.5) is 0 Å². The van der Waals surface area contributed by atoms with Crippen LogP contribution in [0.15, 0.2) is 54.6 Å². The molecule has 8 nitrogen and oxygen atoms in total. The fourth-order valence-electron chi connectivity index (χ4n) is 3.65. The van der Waals surface area contributed by atoms with E-state index in [9.17, 15) is 15.0 Å². The molecule has 1 heterocycles. The molecule has 0 radical (unpaired) electrons. The van der Waals surface area contributed by atoms with Crippen molar-refractivity contribution in [3.63, 3.8) is 0 Å². The molecule has 2 unspecified atom stereocenters. The topological polar surface area (TPSA) is 106 Å². The van der Waals surface area contributed by atoms with Crippen molar-refractivity contribution in [3.8, 4) is 17.0 Å². The van der Waals surface area contributed by atoms with Crippen molar-refractivity contribution in [2.24, 2.45) is 7.05 Å². The Balaban J connectivity index is 1.72. The van der Waals surface area contributed by atoms with E-state index in [1.165, 1.54) is 0 Å². The molecule has 0 saturated heterocycles. The Morgan fingerprint density at radius 1 is 1.15 bits per heavy atom. The van der Waals surface area contributed by atoms with Gasteiger partial charge in [0, 0.05) is 25.6 Å². The lowest BCUT2D eigenvalue weighted by molar-refractivity contribution is -0.153. The van der Waals surface area contributed by atoms with Crippen LogP contribution in [-0.4, -0.2) is 45.3 Å². The zero-order valence-corrected chi connectivity index (χ0v) is 19.4. The number of ether oxygens (including phenoxy) is 2. The zero-order valence-electron chi connectivity index (χ0n) is 19.4. The first-order valence-electron chi connectivity index (χ1n) is 10.8. The second-order valence-corrected chi connectivity index (χ2v) is 8.09. The van der Waals surface area contributed by atoms with Crippen LogP contribution in [0, 0.1) is 0 Å². The van der Waals surface area contributed by atoms with E-state index in [1.54, 1.807) is 17.9 Å². The summed E-state index contributed by atoms with van der Waals surface area (Å²) in [7, 11) is 3.41. The molecule has 2 aromatic carbocycles. The molecule has 33 heavy (non-hydrogen) atoms.